The van der Waals surface area contributed by atoms with E-state index in [0.717, 1.165) is 0 Å². The summed E-state index contributed by atoms with van der Waals surface area (Å²) in [7, 11) is 4.20. The number of ether oxygens (including phenoxy) is 6. The van der Waals surface area contributed by atoms with E-state index < -0.39 is 22.6 Å². The zero-order valence-electron chi connectivity index (χ0n) is 17.0. The molecule has 1 aromatic carbocycles. The molecule has 0 bridgehead atoms. The van der Waals surface area contributed by atoms with E-state index in [-0.39, 0.29) is 37.0 Å². The van der Waals surface area contributed by atoms with Crippen molar-refractivity contribution in [1.82, 2.24) is 0 Å². The van der Waals surface area contributed by atoms with Gasteiger partial charge in [-0.3, -0.25) is 10.1 Å². The van der Waals surface area contributed by atoms with Crippen LogP contribution in [0.1, 0.15) is 26.3 Å². The van der Waals surface area contributed by atoms with E-state index >= 15 is 0 Å². The van der Waals surface area contributed by atoms with E-state index in [4.69, 9.17) is 28.4 Å². The maximum Gasteiger partial charge on any atom is 0.338 e. The van der Waals surface area contributed by atoms with Crippen LogP contribution in [0, 0.1) is 10.1 Å². The van der Waals surface area contributed by atoms with Gasteiger partial charge in [-0.15, -0.1) is 0 Å². The highest BCUT2D eigenvalue weighted by Crippen LogP contribution is 2.34. The van der Waals surface area contributed by atoms with Crippen LogP contribution in [0.4, 0.5) is 5.69 Å². The fourth-order valence-corrected chi connectivity index (χ4v) is 2.50. The molecule has 0 aliphatic heterocycles. The highest BCUT2D eigenvalue weighted by molar-refractivity contribution is 5.76. The Hall–Kier alpha value is -2.43. The number of carbonyl (C=O) groups is 1. The molecule has 0 aliphatic rings. The number of hydrogen-bond acceptors (Lipinski definition) is 9. The standard InChI is InChI=1S/C18H27NO9/c1-7-27-17(20)16(25-6)18(2,3)28-11-26-10-12-8-14(23-4)15(24-5)9-13(12)19(21)22/h8-9,16H,7,10-11H2,1-6H3. The summed E-state index contributed by atoms with van der Waals surface area (Å²) in [4.78, 5) is 22.7. The number of nitrogens with zero attached hydrogens (tertiary/aromatic N) is 1. The lowest BCUT2D eigenvalue weighted by atomic mass is 10.0. The summed E-state index contributed by atoms with van der Waals surface area (Å²) >= 11 is 0. The largest absolute Gasteiger partial charge is 0.493 e. The van der Waals surface area contributed by atoms with Crippen molar-refractivity contribution in [2.45, 2.75) is 39.1 Å². The molecule has 0 saturated heterocycles. The molecule has 0 heterocycles. The minimum atomic E-state index is -1.04. The van der Waals surface area contributed by atoms with Crippen LogP contribution in [0.25, 0.3) is 0 Å². The van der Waals surface area contributed by atoms with Gasteiger partial charge in [0.25, 0.3) is 5.69 Å². The van der Waals surface area contributed by atoms with Gasteiger partial charge in [0.05, 0.1) is 44.0 Å². The van der Waals surface area contributed by atoms with Crippen LogP contribution >= 0.6 is 0 Å². The molecule has 0 aliphatic carbocycles. The molecule has 0 aromatic heterocycles. The third-order valence-electron chi connectivity index (χ3n) is 3.92. The summed E-state index contributed by atoms with van der Waals surface area (Å²) in [6, 6.07) is 2.74. The van der Waals surface area contributed by atoms with Crippen LogP contribution in [0.2, 0.25) is 0 Å². The quantitative estimate of drug-likeness (QED) is 0.171. The molecule has 1 rings (SSSR count). The molecule has 10 heteroatoms. The number of methoxy groups -OCH3 is 3. The first-order chi connectivity index (χ1) is 13.2. The lowest BCUT2D eigenvalue weighted by molar-refractivity contribution is -0.386. The highest BCUT2D eigenvalue weighted by Gasteiger charge is 2.38. The molecule has 0 saturated carbocycles. The number of nitro groups is 1. The number of benzene rings is 1. The Morgan fingerprint density at radius 1 is 1.18 bits per heavy atom. The Balaban J connectivity index is 2.80. The molecule has 10 nitrogen and oxygen atoms in total. The first kappa shape index (κ1) is 23.6. The van der Waals surface area contributed by atoms with Crippen molar-refractivity contribution in [2.24, 2.45) is 0 Å². The van der Waals surface area contributed by atoms with E-state index in [1.807, 2.05) is 0 Å². The first-order valence-electron chi connectivity index (χ1n) is 8.52. The number of hydrogen-bond donors (Lipinski definition) is 0. The predicted molar refractivity (Wildman–Crippen MR) is 98.5 cm³/mol. The van der Waals surface area contributed by atoms with Crippen LogP contribution in [-0.4, -0.2) is 57.3 Å². The summed E-state index contributed by atoms with van der Waals surface area (Å²) in [5.41, 5.74) is -0.916. The molecule has 28 heavy (non-hydrogen) atoms. The molecule has 0 N–H and O–H groups in total. The average molecular weight is 401 g/mol. The van der Waals surface area contributed by atoms with Gasteiger partial charge in [0, 0.05) is 7.11 Å². The fourth-order valence-electron chi connectivity index (χ4n) is 2.50. The minimum Gasteiger partial charge on any atom is -0.493 e. The van der Waals surface area contributed by atoms with Crippen LogP contribution < -0.4 is 9.47 Å². The van der Waals surface area contributed by atoms with Gasteiger partial charge in [-0.1, -0.05) is 0 Å². The van der Waals surface area contributed by atoms with Crippen molar-refractivity contribution in [3.05, 3.63) is 27.8 Å². The molecule has 0 amide bonds. The summed E-state index contributed by atoms with van der Waals surface area (Å²) in [6.45, 7) is 4.88. The molecule has 0 spiro atoms. The third kappa shape index (κ3) is 6.04. The maximum atomic E-state index is 12.0. The summed E-state index contributed by atoms with van der Waals surface area (Å²) in [5, 5.41) is 11.3. The van der Waals surface area contributed by atoms with Crippen molar-refractivity contribution in [3.63, 3.8) is 0 Å². The first-order valence-corrected chi connectivity index (χ1v) is 8.52. The second kappa shape index (κ2) is 10.8. The van der Waals surface area contributed by atoms with Gasteiger partial charge in [-0.25, -0.2) is 4.79 Å². The average Bonchev–Trinajstić information content (AvgIpc) is 2.64. The lowest BCUT2D eigenvalue weighted by Crippen LogP contribution is -2.47. The van der Waals surface area contributed by atoms with Gasteiger partial charge in [0.1, 0.15) is 12.4 Å². The van der Waals surface area contributed by atoms with Gasteiger partial charge >= 0.3 is 5.97 Å². The van der Waals surface area contributed by atoms with Gasteiger partial charge < -0.3 is 28.4 Å². The zero-order valence-corrected chi connectivity index (χ0v) is 17.0. The van der Waals surface area contributed by atoms with Gasteiger partial charge in [0.2, 0.25) is 0 Å². The van der Waals surface area contributed by atoms with Crippen LogP contribution in [0.5, 0.6) is 11.5 Å². The Labute approximate surface area is 163 Å². The van der Waals surface area contributed by atoms with Gasteiger partial charge in [-0.05, 0) is 26.8 Å². The summed E-state index contributed by atoms with van der Waals surface area (Å²) < 4.78 is 31.4. The van der Waals surface area contributed by atoms with E-state index in [0.29, 0.717) is 5.75 Å². The number of nitro benzene ring substituents is 1. The molecule has 158 valence electrons. The second-order valence-corrected chi connectivity index (χ2v) is 6.17. The van der Waals surface area contributed by atoms with E-state index in [9.17, 15) is 14.9 Å². The summed E-state index contributed by atoms with van der Waals surface area (Å²) in [6.07, 6.45) is -0.952. The molecule has 0 fully saturated rings. The maximum absolute atomic E-state index is 12.0. The Bertz CT molecular complexity index is 675. The predicted octanol–water partition coefficient (Wildman–Crippen LogP) is 2.46. The normalized spacial score (nSPS) is 12.4. The minimum absolute atomic E-state index is 0.107. The molecule has 0 radical (unpaired) electrons. The molecule has 1 unspecified atom stereocenters. The van der Waals surface area contributed by atoms with Crippen LogP contribution in [0.3, 0.4) is 0 Å². The molecular formula is C18H27NO9. The van der Waals surface area contributed by atoms with Crippen molar-refractivity contribution < 1.29 is 38.1 Å². The number of esters is 1. The molecular weight excluding hydrogens is 374 g/mol. The molecule has 1 aromatic rings. The monoisotopic (exact) mass is 401 g/mol. The fraction of sp³-hybridized carbons (Fsp3) is 0.611. The Morgan fingerprint density at radius 2 is 1.79 bits per heavy atom. The third-order valence-corrected chi connectivity index (χ3v) is 3.92. The van der Waals surface area contributed by atoms with Crippen LogP contribution in [-0.2, 0) is 30.3 Å². The number of carbonyl (C=O) groups excluding carboxylic acids is 1. The van der Waals surface area contributed by atoms with Crippen molar-refractivity contribution >= 4 is 11.7 Å². The van der Waals surface area contributed by atoms with Crippen molar-refractivity contribution in [3.8, 4) is 11.5 Å². The second-order valence-electron chi connectivity index (χ2n) is 6.17. The van der Waals surface area contributed by atoms with E-state index in [1.165, 1.54) is 33.5 Å². The molecule has 1 atom stereocenters. The van der Waals surface area contributed by atoms with E-state index in [2.05, 4.69) is 0 Å². The lowest BCUT2D eigenvalue weighted by Gasteiger charge is -2.31. The van der Waals surface area contributed by atoms with Crippen molar-refractivity contribution in [2.75, 3.05) is 34.7 Å². The van der Waals surface area contributed by atoms with Crippen molar-refractivity contribution in [1.29, 1.82) is 0 Å². The van der Waals surface area contributed by atoms with Gasteiger partial charge in [0.15, 0.2) is 17.6 Å². The zero-order chi connectivity index (χ0) is 21.3. The smallest absolute Gasteiger partial charge is 0.338 e. The van der Waals surface area contributed by atoms with Gasteiger partial charge in [-0.2, -0.15) is 0 Å². The Morgan fingerprint density at radius 3 is 2.29 bits per heavy atom. The summed E-state index contributed by atoms with van der Waals surface area (Å²) in [5.74, 6) is 0.0351. The van der Waals surface area contributed by atoms with Crippen LogP contribution in [0.15, 0.2) is 12.1 Å². The highest BCUT2D eigenvalue weighted by atomic mass is 16.7. The Kier molecular flexibility index (Phi) is 9.10. The topological polar surface area (TPSA) is 116 Å². The number of rotatable bonds is 12. The van der Waals surface area contributed by atoms with E-state index in [1.54, 1.807) is 20.8 Å². The SMILES string of the molecule is CCOC(=O)C(OC)C(C)(C)OCOCc1cc(OC)c(OC)cc1[N+](=O)[O-].